The molecular weight excluding hydrogens is 513 g/mol. The van der Waals surface area contributed by atoms with E-state index in [9.17, 15) is 21.6 Å². The lowest BCUT2D eigenvalue weighted by molar-refractivity contribution is -0.137. The molecule has 3 aromatic heterocycles. The first kappa shape index (κ1) is 25.6. The molecule has 1 N–H and O–H groups in total. The van der Waals surface area contributed by atoms with Gasteiger partial charge in [-0.15, -0.1) is 0 Å². The fourth-order valence-corrected chi connectivity index (χ4v) is 6.05. The number of sulfonamides is 1. The second-order valence-electron chi connectivity index (χ2n) is 9.18. The Hall–Kier alpha value is -3.04. The van der Waals surface area contributed by atoms with E-state index in [4.69, 9.17) is 4.74 Å². The van der Waals surface area contributed by atoms with Crippen LogP contribution in [0.2, 0.25) is 0 Å². The van der Waals surface area contributed by atoms with E-state index in [0.29, 0.717) is 26.1 Å². The highest BCUT2D eigenvalue weighted by Crippen LogP contribution is 2.36. The smallest absolute Gasteiger partial charge is 0.381 e. The van der Waals surface area contributed by atoms with Crippen molar-refractivity contribution < 1.29 is 26.3 Å². The number of aryl methyl sites for hydroxylation is 1. The van der Waals surface area contributed by atoms with Gasteiger partial charge in [0, 0.05) is 63.5 Å². The minimum Gasteiger partial charge on any atom is -0.381 e. The van der Waals surface area contributed by atoms with Gasteiger partial charge in [-0.05, 0) is 25.7 Å². The molecule has 5 heterocycles. The van der Waals surface area contributed by atoms with Crippen molar-refractivity contribution in [1.82, 2.24) is 33.8 Å². The molecule has 0 saturated carbocycles. The van der Waals surface area contributed by atoms with Crippen LogP contribution in [0.5, 0.6) is 0 Å². The first-order valence-corrected chi connectivity index (χ1v) is 13.4. The number of ether oxygens (including phenoxy) is 1. The highest BCUT2D eigenvalue weighted by Gasteiger charge is 2.36. The number of anilines is 1. The van der Waals surface area contributed by atoms with E-state index >= 15 is 0 Å². The lowest BCUT2D eigenvalue weighted by Gasteiger charge is -2.31. The monoisotopic (exact) mass is 540 g/mol. The third kappa shape index (κ3) is 5.48. The summed E-state index contributed by atoms with van der Waals surface area (Å²) in [5, 5.41) is 11.3. The number of alkyl halides is 3. The average molecular weight is 541 g/mol. The molecule has 2 fully saturated rings. The van der Waals surface area contributed by atoms with Crippen molar-refractivity contribution in [3.05, 3.63) is 36.5 Å². The quantitative estimate of drug-likeness (QED) is 0.507. The van der Waals surface area contributed by atoms with E-state index in [1.54, 1.807) is 17.9 Å². The second-order valence-corrected chi connectivity index (χ2v) is 11.1. The van der Waals surface area contributed by atoms with Crippen LogP contribution in [0, 0.1) is 0 Å². The maximum atomic E-state index is 13.8. The lowest BCUT2D eigenvalue weighted by atomic mass is 10.1. The summed E-state index contributed by atoms with van der Waals surface area (Å²) < 4.78 is 76.8. The number of nitrogens with zero attached hydrogens (tertiary/aromatic N) is 7. The highest BCUT2D eigenvalue weighted by molar-refractivity contribution is 7.89. The number of halogens is 3. The minimum absolute atomic E-state index is 0.0513. The van der Waals surface area contributed by atoms with Crippen LogP contribution in [-0.4, -0.2) is 74.6 Å². The summed E-state index contributed by atoms with van der Waals surface area (Å²) >= 11 is 0. The summed E-state index contributed by atoms with van der Waals surface area (Å²) in [6.07, 6.45) is 4.22. The van der Waals surface area contributed by atoms with Crippen LogP contribution in [0.4, 0.5) is 19.1 Å². The predicted molar refractivity (Wildman–Crippen MR) is 126 cm³/mol. The second kappa shape index (κ2) is 10.0. The van der Waals surface area contributed by atoms with Crippen LogP contribution in [0.3, 0.4) is 0 Å². The molecule has 0 bridgehead atoms. The van der Waals surface area contributed by atoms with Crippen molar-refractivity contribution in [2.75, 3.05) is 31.6 Å². The average Bonchev–Trinajstić information content (AvgIpc) is 3.54. The van der Waals surface area contributed by atoms with E-state index in [2.05, 4.69) is 25.5 Å². The zero-order chi connectivity index (χ0) is 26.2. The molecule has 0 aromatic carbocycles. The summed E-state index contributed by atoms with van der Waals surface area (Å²) in [7, 11) is -2.02. The number of hydrogen-bond acceptors (Lipinski definition) is 8. The van der Waals surface area contributed by atoms with Crippen LogP contribution < -0.4 is 5.32 Å². The standard InChI is InChI=1S/C22H27F3N8O3S/c1-31-14-18(11-27-31)37(34,35)32-6-2-16(3-7-32)29-21-26-12-19(22(23,24)25)20(30-21)15-10-28-33(13-15)17-4-8-36-9-5-17/h10-14,16-17H,2-9H2,1H3,(H,26,29,30). The molecular formula is C22H27F3N8O3S. The summed E-state index contributed by atoms with van der Waals surface area (Å²) in [6, 6.07) is -0.140. The van der Waals surface area contributed by atoms with Crippen LogP contribution in [0.15, 0.2) is 35.9 Å². The van der Waals surface area contributed by atoms with Crippen molar-refractivity contribution >= 4 is 16.0 Å². The van der Waals surface area contributed by atoms with E-state index in [1.165, 1.54) is 27.6 Å². The van der Waals surface area contributed by atoms with Gasteiger partial charge in [-0.1, -0.05) is 0 Å². The van der Waals surface area contributed by atoms with Gasteiger partial charge in [0.25, 0.3) is 0 Å². The Morgan fingerprint density at radius 3 is 2.41 bits per heavy atom. The molecule has 15 heteroatoms. The zero-order valence-corrected chi connectivity index (χ0v) is 20.9. The van der Waals surface area contributed by atoms with Gasteiger partial charge in [-0.2, -0.15) is 27.7 Å². The van der Waals surface area contributed by atoms with Crippen molar-refractivity contribution in [3.8, 4) is 11.3 Å². The summed E-state index contributed by atoms with van der Waals surface area (Å²) in [5.74, 6) is 0.0513. The minimum atomic E-state index is -4.64. The van der Waals surface area contributed by atoms with E-state index in [0.717, 1.165) is 19.0 Å². The third-order valence-corrected chi connectivity index (χ3v) is 8.49. The van der Waals surface area contributed by atoms with Gasteiger partial charge in [0.2, 0.25) is 16.0 Å². The Morgan fingerprint density at radius 1 is 1.03 bits per heavy atom. The molecule has 2 saturated heterocycles. The maximum absolute atomic E-state index is 13.8. The Balaban J connectivity index is 1.31. The molecule has 0 radical (unpaired) electrons. The number of piperidine rings is 1. The summed E-state index contributed by atoms with van der Waals surface area (Å²) in [6.45, 7) is 1.66. The Bertz CT molecular complexity index is 1340. The fraction of sp³-hybridized carbons (Fsp3) is 0.545. The topological polar surface area (TPSA) is 120 Å². The molecule has 200 valence electrons. The molecule has 0 unspecified atom stereocenters. The first-order valence-electron chi connectivity index (χ1n) is 11.9. The molecule has 37 heavy (non-hydrogen) atoms. The van der Waals surface area contributed by atoms with Crippen LogP contribution in [-0.2, 0) is 28.0 Å². The Labute approximate surface area is 211 Å². The summed E-state index contributed by atoms with van der Waals surface area (Å²) in [5.41, 5.74) is -0.941. The molecule has 3 aromatic rings. The van der Waals surface area contributed by atoms with Crippen molar-refractivity contribution in [2.45, 2.75) is 48.8 Å². The van der Waals surface area contributed by atoms with Crippen molar-refractivity contribution in [2.24, 2.45) is 7.05 Å². The first-order chi connectivity index (χ1) is 17.6. The predicted octanol–water partition coefficient (Wildman–Crippen LogP) is 2.71. The molecule has 11 nitrogen and oxygen atoms in total. The number of aromatic nitrogens is 6. The normalized spacial score (nSPS) is 18.8. The van der Waals surface area contributed by atoms with Crippen molar-refractivity contribution in [3.63, 3.8) is 0 Å². The molecule has 5 rings (SSSR count). The van der Waals surface area contributed by atoms with Crippen molar-refractivity contribution in [1.29, 1.82) is 0 Å². The fourth-order valence-electron chi connectivity index (χ4n) is 4.59. The Kier molecular flexibility index (Phi) is 6.93. The van der Waals surface area contributed by atoms with Gasteiger partial charge in [-0.3, -0.25) is 9.36 Å². The Morgan fingerprint density at radius 2 is 1.76 bits per heavy atom. The van der Waals surface area contributed by atoms with Gasteiger partial charge < -0.3 is 10.1 Å². The van der Waals surface area contributed by atoms with Gasteiger partial charge in [0.05, 0.1) is 24.1 Å². The number of nitrogens with one attached hydrogen (secondary N) is 1. The molecule has 0 amide bonds. The molecule has 0 atom stereocenters. The van der Waals surface area contributed by atoms with Gasteiger partial charge in [-0.25, -0.2) is 18.4 Å². The third-order valence-electron chi connectivity index (χ3n) is 6.64. The molecule has 0 aliphatic carbocycles. The van der Waals surface area contributed by atoms with Crippen LogP contribution >= 0.6 is 0 Å². The molecule has 2 aliphatic rings. The van der Waals surface area contributed by atoms with E-state index < -0.39 is 21.8 Å². The van der Waals surface area contributed by atoms with E-state index in [-0.39, 0.29) is 47.3 Å². The summed E-state index contributed by atoms with van der Waals surface area (Å²) in [4.78, 5) is 8.25. The zero-order valence-electron chi connectivity index (χ0n) is 20.1. The van der Waals surface area contributed by atoms with E-state index in [1.807, 2.05) is 0 Å². The van der Waals surface area contributed by atoms with Gasteiger partial charge in [0.1, 0.15) is 10.5 Å². The lowest BCUT2D eigenvalue weighted by Crippen LogP contribution is -2.42. The largest absolute Gasteiger partial charge is 0.419 e. The molecule has 0 spiro atoms. The molecule has 2 aliphatic heterocycles. The van der Waals surface area contributed by atoms with Crippen LogP contribution in [0.1, 0.15) is 37.3 Å². The number of rotatable bonds is 6. The van der Waals surface area contributed by atoms with Gasteiger partial charge >= 0.3 is 6.18 Å². The number of hydrogen-bond donors (Lipinski definition) is 1. The maximum Gasteiger partial charge on any atom is 0.419 e. The van der Waals surface area contributed by atoms with Gasteiger partial charge in [0.15, 0.2) is 0 Å². The highest BCUT2D eigenvalue weighted by atomic mass is 32.2. The van der Waals surface area contributed by atoms with Crippen LogP contribution in [0.25, 0.3) is 11.3 Å². The SMILES string of the molecule is Cn1cc(S(=O)(=O)N2CCC(Nc3ncc(C(F)(F)F)c(-c4cnn(C5CCOCC5)c4)n3)CC2)cn1.